The van der Waals surface area contributed by atoms with E-state index in [4.69, 9.17) is 9.26 Å². The number of benzene rings is 2. The average molecular weight is 430 g/mol. The van der Waals surface area contributed by atoms with Crippen LogP contribution in [0.3, 0.4) is 0 Å². The third-order valence-electron chi connectivity index (χ3n) is 3.59. The average Bonchev–Trinajstić information content (AvgIpc) is 3.09. The van der Waals surface area contributed by atoms with Crippen LogP contribution in [0.2, 0.25) is 0 Å². The Labute approximate surface area is 166 Å². The van der Waals surface area contributed by atoms with E-state index in [-0.39, 0.29) is 5.89 Å². The highest BCUT2D eigenvalue weighted by atomic mass is 79.9. The lowest BCUT2D eigenvalue weighted by Crippen LogP contribution is -2.35. The van der Waals surface area contributed by atoms with E-state index in [0.717, 1.165) is 15.6 Å². The summed E-state index contributed by atoms with van der Waals surface area (Å²) in [7, 11) is 0. The minimum Gasteiger partial charge on any atom is -0.444 e. The number of carbonyl (C=O) groups is 1. The first-order valence-corrected chi connectivity index (χ1v) is 9.25. The summed E-state index contributed by atoms with van der Waals surface area (Å²) in [6.07, 6.45) is -0.556. The molecule has 1 N–H and O–H groups in total. The van der Waals surface area contributed by atoms with Crippen molar-refractivity contribution in [2.75, 3.05) is 0 Å². The SMILES string of the molecule is CC(C)(C)OC(=O)N[C@@H](c1ccccc1)c1nc(-c2ccc(Br)cc2)no1. The minimum absolute atomic E-state index is 0.282. The third kappa shape index (κ3) is 5.17. The van der Waals surface area contributed by atoms with E-state index >= 15 is 0 Å². The highest BCUT2D eigenvalue weighted by Crippen LogP contribution is 2.25. The first-order valence-electron chi connectivity index (χ1n) is 8.46. The molecule has 0 aliphatic heterocycles. The lowest BCUT2D eigenvalue weighted by atomic mass is 10.1. The van der Waals surface area contributed by atoms with Crippen molar-refractivity contribution in [3.8, 4) is 11.4 Å². The van der Waals surface area contributed by atoms with Gasteiger partial charge < -0.3 is 14.6 Å². The zero-order chi connectivity index (χ0) is 19.4. The van der Waals surface area contributed by atoms with E-state index in [0.29, 0.717) is 5.82 Å². The molecule has 2 aromatic carbocycles. The molecule has 27 heavy (non-hydrogen) atoms. The third-order valence-corrected chi connectivity index (χ3v) is 4.11. The summed E-state index contributed by atoms with van der Waals surface area (Å²) in [5.74, 6) is 0.731. The van der Waals surface area contributed by atoms with Crippen molar-refractivity contribution in [1.82, 2.24) is 15.5 Å². The lowest BCUT2D eigenvalue weighted by Gasteiger charge is -2.22. The largest absolute Gasteiger partial charge is 0.444 e. The van der Waals surface area contributed by atoms with Gasteiger partial charge in [-0.1, -0.05) is 51.4 Å². The molecule has 0 saturated carbocycles. The molecule has 1 aromatic heterocycles. The molecule has 1 atom stereocenters. The molecule has 0 saturated heterocycles. The molecule has 0 aliphatic rings. The molecule has 0 unspecified atom stereocenters. The van der Waals surface area contributed by atoms with Gasteiger partial charge in [-0.3, -0.25) is 0 Å². The normalized spacial score (nSPS) is 12.4. The van der Waals surface area contributed by atoms with Crippen LogP contribution in [0.1, 0.15) is 38.3 Å². The molecule has 3 rings (SSSR count). The van der Waals surface area contributed by atoms with Crippen LogP contribution in [0.15, 0.2) is 63.6 Å². The number of ether oxygens (including phenoxy) is 1. The second kappa shape index (κ2) is 7.92. The van der Waals surface area contributed by atoms with Gasteiger partial charge in [0.1, 0.15) is 11.6 Å². The van der Waals surface area contributed by atoms with Gasteiger partial charge in [0, 0.05) is 10.0 Å². The second-order valence-corrected chi connectivity index (χ2v) is 7.87. The van der Waals surface area contributed by atoms with Crippen LogP contribution in [0.5, 0.6) is 0 Å². The molecule has 1 amide bonds. The number of carbonyl (C=O) groups excluding carboxylic acids is 1. The highest BCUT2D eigenvalue weighted by Gasteiger charge is 2.26. The minimum atomic E-state index is -0.613. The molecule has 0 fully saturated rings. The number of halogens is 1. The molecule has 0 spiro atoms. The van der Waals surface area contributed by atoms with E-state index in [9.17, 15) is 4.79 Å². The van der Waals surface area contributed by atoms with Crippen LogP contribution in [-0.2, 0) is 4.74 Å². The number of hydrogen-bond donors (Lipinski definition) is 1. The fourth-order valence-corrected chi connectivity index (χ4v) is 2.69. The maximum Gasteiger partial charge on any atom is 0.408 e. The van der Waals surface area contributed by atoms with Gasteiger partial charge in [-0.15, -0.1) is 0 Å². The van der Waals surface area contributed by atoms with Crippen molar-refractivity contribution in [1.29, 1.82) is 0 Å². The van der Waals surface area contributed by atoms with Gasteiger partial charge in [0.05, 0.1) is 0 Å². The lowest BCUT2D eigenvalue weighted by molar-refractivity contribution is 0.0504. The van der Waals surface area contributed by atoms with Gasteiger partial charge in [0.25, 0.3) is 5.89 Å². The van der Waals surface area contributed by atoms with E-state index in [2.05, 4.69) is 31.4 Å². The van der Waals surface area contributed by atoms with Gasteiger partial charge in [0.2, 0.25) is 5.82 Å². The van der Waals surface area contributed by atoms with Crippen LogP contribution in [-0.4, -0.2) is 21.8 Å². The van der Waals surface area contributed by atoms with Crippen molar-refractivity contribution in [2.24, 2.45) is 0 Å². The molecule has 140 valence electrons. The Kier molecular flexibility index (Phi) is 5.60. The zero-order valence-electron chi connectivity index (χ0n) is 15.3. The number of nitrogens with zero attached hydrogens (tertiary/aromatic N) is 2. The molecule has 0 radical (unpaired) electrons. The standard InChI is InChI=1S/C20H20BrN3O3/c1-20(2,3)26-19(25)22-16(13-7-5-4-6-8-13)18-23-17(24-27-18)14-9-11-15(21)12-10-14/h4-12,16H,1-3H3,(H,22,25)/t16-/m0/s1. The van der Waals surface area contributed by atoms with Crippen LogP contribution in [0.25, 0.3) is 11.4 Å². The molecule has 0 bridgehead atoms. The Balaban J connectivity index is 1.89. The highest BCUT2D eigenvalue weighted by molar-refractivity contribution is 9.10. The number of amides is 1. The summed E-state index contributed by atoms with van der Waals surface area (Å²) >= 11 is 3.40. The Morgan fingerprint density at radius 1 is 1.11 bits per heavy atom. The van der Waals surface area contributed by atoms with Crippen molar-refractivity contribution in [2.45, 2.75) is 32.4 Å². The maximum absolute atomic E-state index is 12.3. The van der Waals surface area contributed by atoms with Gasteiger partial charge in [-0.25, -0.2) is 4.79 Å². The van der Waals surface area contributed by atoms with E-state index in [1.165, 1.54) is 0 Å². The van der Waals surface area contributed by atoms with Crippen molar-refractivity contribution >= 4 is 22.0 Å². The van der Waals surface area contributed by atoms with Gasteiger partial charge in [-0.2, -0.15) is 4.98 Å². The van der Waals surface area contributed by atoms with Crippen molar-refractivity contribution in [3.63, 3.8) is 0 Å². The fraction of sp³-hybridized carbons (Fsp3) is 0.250. The van der Waals surface area contributed by atoms with Crippen LogP contribution >= 0.6 is 15.9 Å². The van der Waals surface area contributed by atoms with Crippen LogP contribution in [0, 0.1) is 0 Å². The first-order chi connectivity index (χ1) is 12.8. The topological polar surface area (TPSA) is 77.2 Å². The van der Waals surface area contributed by atoms with Crippen molar-refractivity contribution in [3.05, 3.63) is 70.5 Å². The van der Waals surface area contributed by atoms with E-state index in [1.807, 2.05) is 75.4 Å². The van der Waals surface area contributed by atoms with Gasteiger partial charge in [-0.05, 0) is 50.6 Å². The van der Waals surface area contributed by atoms with Crippen LogP contribution in [0.4, 0.5) is 4.79 Å². The molecule has 7 heteroatoms. The predicted octanol–water partition coefficient (Wildman–Crippen LogP) is 5.11. The van der Waals surface area contributed by atoms with Gasteiger partial charge >= 0.3 is 6.09 Å². The Morgan fingerprint density at radius 3 is 2.41 bits per heavy atom. The molecular weight excluding hydrogens is 410 g/mol. The predicted molar refractivity (Wildman–Crippen MR) is 105 cm³/mol. The summed E-state index contributed by atoms with van der Waals surface area (Å²) < 4.78 is 11.8. The van der Waals surface area contributed by atoms with Crippen LogP contribution < -0.4 is 5.32 Å². The number of aromatic nitrogens is 2. The summed E-state index contributed by atoms with van der Waals surface area (Å²) in [4.78, 5) is 16.8. The Hall–Kier alpha value is -2.67. The fourth-order valence-electron chi connectivity index (χ4n) is 2.43. The molecule has 1 heterocycles. The molecular formula is C20H20BrN3O3. The molecule has 3 aromatic rings. The number of alkyl carbamates (subject to hydrolysis) is 1. The molecule has 0 aliphatic carbocycles. The first kappa shape index (κ1) is 19.1. The zero-order valence-corrected chi connectivity index (χ0v) is 16.9. The second-order valence-electron chi connectivity index (χ2n) is 6.95. The Morgan fingerprint density at radius 2 is 1.78 bits per heavy atom. The maximum atomic E-state index is 12.3. The number of nitrogens with one attached hydrogen (secondary N) is 1. The number of rotatable bonds is 4. The summed E-state index contributed by atoms with van der Waals surface area (Å²) in [6.45, 7) is 5.42. The quantitative estimate of drug-likeness (QED) is 0.622. The number of hydrogen-bond acceptors (Lipinski definition) is 5. The van der Waals surface area contributed by atoms with Gasteiger partial charge in [0.15, 0.2) is 0 Å². The molecule has 6 nitrogen and oxygen atoms in total. The van der Waals surface area contributed by atoms with Crippen molar-refractivity contribution < 1.29 is 14.1 Å². The summed E-state index contributed by atoms with van der Waals surface area (Å²) in [5, 5.41) is 6.87. The summed E-state index contributed by atoms with van der Waals surface area (Å²) in [6, 6.07) is 16.4. The smallest absolute Gasteiger partial charge is 0.408 e. The van der Waals surface area contributed by atoms with E-state index in [1.54, 1.807) is 0 Å². The summed E-state index contributed by atoms with van der Waals surface area (Å²) in [5.41, 5.74) is 1.02. The monoisotopic (exact) mass is 429 g/mol. The van der Waals surface area contributed by atoms with E-state index < -0.39 is 17.7 Å². The Bertz CT molecular complexity index is 902.